The van der Waals surface area contributed by atoms with Crippen molar-refractivity contribution in [2.24, 2.45) is 0 Å². The molecule has 1 atom stereocenters. The SMILES string of the molecule is C#CC(CN(C)CC)OCC. The van der Waals surface area contributed by atoms with Crippen LogP contribution >= 0.6 is 0 Å². The van der Waals surface area contributed by atoms with Gasteiger partial charge in [-0.15, -0.1) is 6.42 Å². The third-order valence-electron chi connectivity index (χ3n) is 1.57. The Morgan fingerprint density at radius 2 is 2.18 bits per heavy atom. The number of rotatable bonds is 5. The third kappa shape index (κ3) is 4.83. The van der Waals surface area contributed by atoms with Gasteiger partial charge in [0.25, 0.3) is 0 Å². The maximum atomic E-state index is 5.29. The summed E-state index contributed by atoms with van der Waals surface area (Å²) in [4.78, 5) is 2.14. The summed E-state index contributed by atoms with van der Waals surface area (Å²) in [5.74, 6) is 2.60. The van der Waals surface area contributed by atoms with Crippen molar-refractivity contribution >= 4 is 0 Å². The summed E-state index contributed by atoms with van der Waals surface area (Å²) in [6.07, 6.45) is 5.21. The van der Waals surface area contributed by atoms with Gasteiger partial charge in [0, 0.05) is 13.2 Å². The van der Waals surface area contributed by atoms with Gasteiger partial charge in [-0.3, -0.25) is 0 Å². The van der Waals surface area contributed by atoms with Crippen molar-refractivity contribution in [2.75, 3.05) is 26.7 Å². The van der Waals surface area contributed by atoms with Gasteiger partial charge in [0.15, 0.2) is 0 Å². The van der Waals surface area contributed by atoms with E-state index in [9.17, 15) is 0 Å². The van der Waals surface area contributed by atoms with E-state index in [0.717, 1.165) is 13.1 Å². The van der Waals surface area contributed by atoms with E-state index in [4.69, 9.17) is 11.2 Å². The van der Waals surface area contributed by atoms with Crippen LogP contribution in [0.2, 0.25) is 0 Å². The van der Waals surface area contributed by atoms with E-state index < -0.39 is 0 Å². The molecule has 2 heteroatoms. The highest BCUT2D eigenvalue weighted by Crippen LogP contribution is 1.93. The first-order valence-corrected chi connectivity index (χ1v) is 4.00. The molecule has 2 nitrogen and oxygen atoms in total. The van der Waals surface area contributed by atoms with Crippen LogP contribution in [-0.4, -0.2) is 37.7 Å². The van der Waals surface area contributed by atoms with Gasteiger partial charge in [-0.2, -0.15) is 0 Å². The van der Waals surface area contributed by atoms with Crippen LogP contribution in [0, 0.1) is 12.3 Å². The maximum absolute atomic E-state index is 5.29. The topological polar surface area (TPSA) is 12.5 Å². The second kappa shape index (κ2) is 6.21. The monoisotopic (exact) mass is 155 g/mol. The first-order valence-electron chi connectivity index (χ1n) is 4.00. The first-order chi connectivity index (χ1) is 5.24. The van der Waals surface area contributed by atoms with Crippen LogP contribution in [-0.2, 0) is 4.74 Å². The number of terminal acetylenes is 1. The lowest BCUT2D eigenvalue weighted by Gasteiger charge is -2.18. The van der Waals surface area contributed by atoms with Gasteiger partial charge < -0.3 is 9.64 Å². The molecule has 11 heavy (non-hydrogen) atoms. The van der Waals surface area contributed by atoms with Crippen molar-refractivity contribution in [3.05, 3.63) is 0 Å². The molecule has 0 rings (SSSR count). The van der Waals surface area contributed by atoms with E-state index in [2.05, 4.69) is 17.7 Å². The summed E-state index contributed by atoms with van der Waals surface area (Å²) in [6, 6.07) is 0. The Balaban J connectivity index is 3.61. The average molecular weight is 155 g/mol. The second-order valence-corrected chi connectivity index (χ2v) is 2.47. The van der Waals surface area contributed by atoms with Crippen LogP contribution in [0.4, 0.5) is 0 Å². The van der Waals surface area contributed by atoms with E-state index in [1.54, 1.807) is 0 Å². The van der Waals surface area contributed by atoms with Crippen molar-refractivity contribution in [1.82, 2.24) is 4.90 Å². The molecule has 64 valence electrons. The second-order valence-electron chi connectivity index (χ2n) is 2.47. The van der Waals surface area contributed by atoms with Gasteiger partial charge in [0.1, 0.15) is 6.10 Å². The van der Waals surface area contributed by atoms with E-state index >= 15 is 0 Å². The molecule has 0 saturated carbocycles. The summed E-state index contributed by atoms with van der Waals surface area (Å²) < 4.78 is 5.29. The highest BCUT2D eigenvalue weighted by molar-refractivity contribution is 4.95. The van der Waals surface area contributed by atoms with Crippen LogP contribution in [0.1, 0.15) is 13.8 Å². The van der Waals surface area contributed by atoms with E-state index in [1.165, 1.54) is 0 Å². The molecule has 0 aromatic heterocycles. The number of hydrogen-bond acceptors (Lipinski definition) is 2. The Morgan fingerprint density at radius 1 is 1.55 bits per heavy atom. The quantitative estimate of drug-likeness (QED) is 0.549. The molecular formula is C9H17NO. The Bertz CT molecular complexity index is 128. The molecular weight excluding hydrogens is 138 g/mol. The number of likely N-dealkylation sites (N-methyl/N-ethyl adjacent to an activating group) is 1. The zero-order valence-electron chi connectivity index (χ0n) is 7.63. The first kappa shape index (κ1) is 10.5. The molecule has 0 radical (unpaired) electrons. The van der Waals surface area contributed by atoms with E-state index in [1.807, 2.05) is 14.0 Å². The maximum Gasteiger partial charge on any atom is 0.130 e. The number of ether oxygens (including phenoxy) is 1. The minimum atomic E-state index is -0.0510. The Hall–Kier alpha value is -0.520. The molecule has 0 aliphatic rings. The van der Waals surface area contributed by atoms with Crippen molar-refractivity contribution in [3.63, 3.8) is 0 Å². The van der Waals surface area contributed by atoms with Crippen molar-refractivity contribution in [3.8, 4) is 12.3 Å². The fraction of sp³-hybridized carbons (Fsp3) is 0.778. The molecule has 1 unspecified atom stereocenters. The molecule has 0 aromatic carbocycles. The molecule has 0 aliphatic carbocycles. The molecule has 0 amide bonds. The fourth-order valence-corrected chi connectivity index (χ4v) is 0.767. The lowest BCUT2D eigenvalue weighted by atomic mass is 10.3. The van der Waals surface area contributed by atoms with Crippen LogP contribution in [0.5, 0.6) is 0 Å². The van der Waals surface area contributed by atoms with Crippen LogP contribution in [0.3, 0.4) is 0 Å². The predicted molar refractivity (Wildman–Crippen MR) is 47.4 cm³/mol. The Morgan fingerprint density at radius 3 is 2.55 bits per heavy atom. The third-order valence-corrected chi connectivity index (χ3v) is 1.57. The molecule has 0 fully saturated rings. The zero-order valence-corrected chi connectivity index (χ0v) is 7.63. The smallest absolute Gasteiger partial charge is 0.130 e. The van der Waals surface area contributed by atoms with Crippen LogP contribution < -0.4 is 0 Å². The van der Waals surface area contributed by atoms with E-state index in [0.29, 0.717) is 6.61 Å². The largest absolute Gasteiger partial charge is 0.364 e. The van der Waals surface area contributed by atoms with Crippen molar-refractivity contribution < 1.29 is 4.74 Å². The molecule has 0 spiro atoms. The number of nitrogens with zero attached hydrogens (tertiary/aromatic N) is 1. The van der Waals surface area contributed by atoms with Gasteiger partial charge in [0.2, 0.25) is 0 Å². The Kier molecular flexibility index (Phi) is 5.91. The van der Waals surface area contributed by atoms with Gasteiger partial charge in [-0.05, 0) is 20.5 Å². The normalized spacial score (nSPS) is 13.0. The van der Waals surface area contributed by atoms with Gasteiger partial charge >= 0.3 is 0 Å². The number of hydrogen-bond donors (Lipinski definition) is 0. The lowest BCUT2D eigenvalue weighted by molar-refractivity contribution is 0.0782. The lowest BCUT2D eigenvalue weighted by Crippen LogP contribution is -2.29. The summed E-state index contributed by atoms with van der Waals surface area (Å²) in [7, 11) is 2.03. The minimum absolute atomic E-state index is 0.0510. The van der Waals surface area contributed by atoms with E-state index in [-0.39, 0.29) is 6.10 Å². The van der Waals surface area contributed by atoms with Crippen LogP contribution in [0.15, 0.2) is 0 Å². The fourth-order valence-electron chi connectivity index (χ4n) is 0.767. The minimum Gasteiger partial charge on any atom is -0.364 e. The molecule has 0 saturated heterocycles. The van der Waals surface area contributed by atoms with Gasteiger partial charge in [-0.25, -0.2) is 0 Å². The Labute approximate surface area is 69.5 Å². The van der Waals surface area contributed by atoms with Crippen molar-refractivity contribution in [1.29, 1.82) is 0 Å². The summed E-state index contributed by atoms with van der Waals surface area (Å²) in [5.41, 5.74) is 0. The summed E-state index contributed by atoms with van der Waals surface area (Å²) >= 11 is 0. The van der Waals surface area contributed by atoms with Crippen LogP contribution in [0.25, 0.3) is 0 Å². The molecule has 0 N–H and O–H groups in total. The zero-order chi connectivity index (χ0) is 8.69. The highest BCUT2D eigenvalue weighted by Gasteiger charge is 2.05. The predicted octanol–water partition coefficient (Wildman–Crippen LogP) is 0.976. The van der Waals surface area contributed by atoms with Crippen molar-refractivity contribution in [2.45, 2.75) is 20.0 Å². The van der Waals surface area contributed by atoms with Gasteiger partial charge in [-0.1, -0.05) is 12.8 Å². The average Bonchev–Trinajstić information content (AvgIpc) is 2.03. The molecule has 0 aromatic rings. The summed E-state index contributed by atoms with van der Waals surface area (Å²) in [6.45, 7) is 6.56. The molecule has 0 heterocycles. The molecule has 0 aliphatic heterocycles. The highest BCUT2D eigenvalue weighted by atomic mass is 16.5. The van der Waals surface area contributed by atoms with Gasteiger partial charge in [0.05, 0.1) is 0 Å². The standard InChI is InChI=1S/C9H17NO/c1-5-9(11-7-3)8-10(4)6-2/h1,9H,6-8H2,2-4H3. The molecule has 0 bridgehead atoms. The summed E-state index contributed by atoms with van der Waals surface area (Å²) in [5, 5.41) is 0.